The molecule has 0 aliphatic carbocycles. The van der Waals surface area contributed by atoms with E-state index in [1.807, 2.05) is 0 Å². The van der Waals surface area contributed by atoms with Crippen molar-refractivity contribution >= 4 is 5.97 Å². The Hall–Kier alpha value is -1.49. The van der Waals surface area contributed by atoms with Crippen molar-refractivity contribution in [3.05, 3.63) is 23.8 Å². The van der Waals surface area contributed by atoms with Crippen LogP contribution in [0, 0.1) is 0 Å². The molecule has 0 fully saturated rings. The topological polar surface area (TPSA) is 55.8 Å². The molecular formula is C13H20NO4+. The van der Waals surface area contributed by atoms with Gasteiger partial charge < -0.3 is 14.6 Å². The van der Waals surface area contributed by atoms with E-state index in [2.05, 4.69) is 12.2 Å². The lowest BCUT2D eigenvalue weighted by atomic mass is 10.1. The van der Waals surface area contributed by atoms with Crippen LogP contribution in [0.5, 0.6) is 0 Å². The summed E-state index contributed by atoms with van der Waals surface area (Å²) in [6.45, 7) is 4.81. The van der Waals surface area contributed by atoms with Gasteiger partial charge in [0, 0.05) is 12.8 Å². The number of nitrogens with zero attached hydrogens (tertiary/aromatic N) is 1. The maximum Gasteiger partial charge on any atom is 0.400 e. The van der Waals surface area contributed by atoms with Crippen LogP contribution in [-0.4, -0.2) is 48.4 Å². The molecule has 1 unspecified atom stereocenters. The first-order valence-corrected chi connectivity index (χ1v) is 6.44. The monoisotopic (exact) mass is 254 g/mol. The molecule has 0 saturated carbocycles. The molecule has 18 heavy (non-hydrogen) atoms. The number of quaternary nitrogens is 1. The quantitative estimate of drug-likeness (QED) is 0.460. The van der Waals surface area contributed by atoms with E-state index in [1.165, 1.54) is 0 Å². The molecule has 1 N–H and O–H groups in total. The minimum absolute atomic E-state index is 0.263. The lowest BCUT2D eigenvalue weighted by Crippen LogP contribution is -2.52. The van der Waals surface area contributed by atoms with Crippen LogP contribution in [0.25, 0.3) is 0 Å². The molecule has 0 bridgehead atoms. The van der Waals surface area contributed by atoms with Crippen LogP contribution >= 0.6 is 0 Å². The SMILES string of the molecule is CCOC(=O)C1=C(O)OCCC[N+]12CC=CCC2. The summed E-state index contributed by atoms with van der Waals surface area (Å²) in [5, 5.41) is 9.98. The van der Waals surface area contributed by atoms with E-state index in [1.54, 1.807) is 6.92 Å². The summed E-state index contributed by atoms with van der Waals surface area (Å²) in [5.41, 5.74) is 0.277. The molecule has 5 heteroatoms. The molecule has 2 heterocycles. The van der Waals surface area contributed by atoms with Gasteiger partial charge >= 0.3 is 11.9 Å². The van der Waals surface area contributed by atoms with E-state index in [0.29, 0.717) is 24.2 Å². The number of aliphatic hydroxyl groups is 1. The Morgan fingerprint density at radius 3 is 3.00 bits per heavy atom. The summed E-state index contributed by atoms with van der Waals surface area (Å²) >= 11 is 0. The van der Waals surface area contributed by atoms with Crippen LogP contribution in [0.15, 0.2) is 23.8 Å². The van der Waals surface area contributed by atoms with Crippen LogP contribution in [-0.2, 0) is 14.3 Å². The van der Waals surface area contributed by atoms with Crippen LogP contribution < -0.4 is 0 Å². The van der Waals surface area contributed by atoms with Crippen molar-refractivity contribution in [2.45, 2.75) is 19.8 Å². The van der Waals surface area contributed by atoms with Crippen LogP contribution in [0.3, 0.4) is 0 Å². The molecular weight excluding hydrogens is 234 g/mol. The molecule has 0 amide bonds. The van der Waals surface area contributed by atoms with Crippen LogP contribution in [0.2, 0.25) is 0 Å². The highest BCUT2D eigenvalue weighted by atomic mass is 16.6. The van der Waals surface area contributed by atoms with Gasteiger partial charge in [0.25, 0.3) is 5.70 Å². The van der Waals surface area contributed by atoms with Crippen molar-refractivity contribution in [1.29, 1.82) is 0 Å². The number of esters is 1. The largest absolute Gasteiger partial charge is 0.476 e. The number of ether oxygens (including phenoxy) is 2. The Bertz CT molecular complexity index is 388. The normalized spacial score (nSPS) is 27.8. The summed E-state index contributed by atoms with van der Waals surface area (Å²) in [6, 6.07) is 0. The summed E-state index contributed by atoms with van der Waals surface area (Å²) in [6.07, 6.45) is 5.88. The molecule has 1 spiro atoms. The Morgan fingerprint density at radius 1 is 1.50 bits per heavy atom. The fraction of sp³-hybridized carbons (Fsp3) is 0.615. The minimum atomic E-state index is -0.466. The zero-order valence-electron chi connectivity index (χ0n) is 10.7. The molecule has 1 atom stereocenters. The van der Waals surface area contributed by atoms with Gasteiger partial charge in [-0.05, 0) is 13.0 Å². The number of aliphatic hydroxyl groups excluding tert-OH is 1. The molecule has 100 valence electrons. The fourth-order valence-electron chi connectivity index (χ4n) is 2.61. The zero-order valence-corrected chi connectivity index (χ0v) is 10.7. The van der Waals surface area contributed by atoms with Gasteiger partial charge in [-0.3, -0.25) is 4.48 Å². The lowest BCUT2D eigenvalue weighted by molar-refractivity contribution is -0.884. The maximum atomic E-state index is 12.1. The maximum absolute atomic E-state index is 12.1. The first kappa shape index (κ1) is 13.0. The van der Waals surface area contributed by atoms with Gasteiger partial charge in [-0.25, -0.2) is 4.79 Å². The molecule has 0 radical (unpaired) electrons. The van der Waals surface area contributed by atoms with Gasteiger partial charge in [-0.15, -0.1) is 0 Å². The number of hydrogen-bond acceptors (Lipinski definition) is 4. The Morgan fingerprint density at radius 2 is 2.33 bits per heavy atom. The van der Waals surface area contributed by atoms with Crippen molar-refractivity contribution in [1.82, 2.24) is 0 Å². The van der Waals surface area contributed by atoms with E-state index in [0.717, 1.165) is 25.9 Å². The highest BCUT2D eigenvalue weighted by Crippen LogP contribution is 2.28. The first-order chi connectivity index (χ1) is 8.69. The van der Waals surface area contributed by atoms with Crippen molar-refractivity contribution in [3.8, 4) is 0 Å². The fourth-order valence-corrected chi connectivity index (χ4v) is 2.61. The molecule has 2 aliphatic rings. The number of carbonyl (C=O) groups excluding carboxylic acids is 1. The van der Waals surface area contributed by atoms with E-state index >= 15 is 0 Å². The molecule has 5 nitrogen and oxygen atoms in total. The van der Waals surface area contributed by atoms with Crippen molar-refractivity contribution in [2.75, 3.05) is 32.8 Å². The van der Waals surface area contributed by atoms with Crippen LogP contribution in [0.4, 0.5) is 0 Å². The smallest absolute Gasteiger partial charge is 0.400 e. The van der Waals surface area contributed by atoms with Gasteiger partial charge in [-0.1, -0.05) is 6.08 Å². The number of rotatable bonds is 2. The molecule has 0 aromatic heterocycles. The van der Waals surface area contributed by atoms with Gasteiger partial charge in [0.15, 0.2) is 0 Å². The third kappa shape index (κ3) is 2.36. The Kier molecular flexibility index (Phi) is 3.91. The van der Waals surface area contributed by atoms with E-state index in [-0.39, 0.29) is 11.6 Å². The molecule has 0 aromatic carbocycles. The van der Waals surface area contributed by atoms with Crippen molar-refractivity contribution in [2.24, 2.45) is 0 Å². The minimum Gasteiger partial charge on any atom is -0.476 e. The summed E-state index contributed by atoms with van der Waals surface area (Å²) in [5.74, 6) is -0.728. The van der Waals surface area contributed by atoms with Gasteiger partial charge in [-0.2, -0.15) is 0 Å². The highest BCUT2D eigenvalue weighted by molar-refractivity contribution is 5.86. The van der Waals surface area contributed by atoms with Gasteiger partial charge in [0.2, 0.25) is 0 Å². The number of hydrogen-bond donors (Lipinski definition) is 1. The predicted octanol–water partition coefficient (Wildman–Crippen LogP) is 1.47. The average molecular weight is 254 g/mol. The summed E-state index contributed by atoms with van der Waals surface area (Å²) in [4.78, 5) is 12.1. The zero-order chi connectivity index (χ0) is 13.0. The lowest BCUT2D eigenvalue weighted by Gasteiger charge is -2.37. The third-order valence-corrected chi connectivity index (χ3v) is 3.46. The summed E-state index contributed by atoms with van der Waals surface area (Å²) < 4.78 is 10.7. The number of carbonyl (C=O) groups is 1. The standard InChI is InChI=1S/C13H19NO4/c1-2-17-12(15)11-13(16)18-10-6-9-14(11)7-4-3-5-8-14/h3-4H,2,5-10H2,1H3/p+1. The molecule has 2 aliphatic heterocycles. The average Bonchev–Trinajstić information content (AvgIpc) is 2.50. The second kappa shape index (κ2) is 5.44. The third-order valence-electron chi connectivity index (χ3n) is 3.46. The second-order valence-electron chi connectivity index (χ2n) is 4.61. The first-order valence-electron chi connectivity index (χ1n) is 6.44. The van der Waals surface area contributed by atoms with Gasteiger partial charge in [0.1, 0.15) is 6.54 Å². The second-order valence-corrected chi connectivity index (χ2v) is 4.61. The Balaban J connectivity index is 2.37. The molecule has 0 saturated heterocycles. The molecule has 0 aromatic rings. The Labute approximate surface area is 107 Å². The molecule has 2 rings (SSSR count). The van der Waals surface area contributed by atoms with E-state index in [4.69, 9.17) is 9.47 Å². The van der Waals surface area contributed by atoms with Crippen molar-refractivity contribution < 1.29 is 23.9 Å². The van der Waals surface area contributed by atoms with E-state index in [9.17, 15) is 9.90 Å². The summed E-state index contributed by atoms with van der Waals surface area (Å²) in [7, 11) is 0. The van der Waals surface area contributed by atoms with Crippen LogP contribution in [0.1, 0.15) is 19.8 Å². The van der Waals surface area contributed by atoms with Gasteiger partial charge in [0.05, 0.1) is 26.3 Å². The highest BCUT2D eigenvalue weighted by Gasteiger charge is 2.43. The van der Waals surface area contributed by atoms with Crippen molar-refractivity contribution in [3.63, 3.8) is 0 Å². The predicted molar refractivity (Wildman–Crippen MR) is 65.5 cm³/mol. The van der Waals surface area contributed by atoms with E-state index < -0.39 is 5.97 Å².